The lowest BCUT2D eigenvalue weighted by Gasteiger charge is -2.09. The van der Waals surface area contributed by atoms with Crippen molar-refractivity contribution in [1.29, 1.82) is 0 Å². The Balaban J connectivity index is 2.20. The van der Waals surface area contributed by atoms with Gasteiger partial charge in [-0.15, -0.1) is 11.3 Å². The van der Waals surface area contributed by atoms with Gasteiger partial charge in [-0.05, 0) is 23.1 Å². The molecule has 1 heterocycles. The molecular formula is C12H13NO3S2. The van der Waals surface area contributed by atoms with E-state index in [1.54, 1.807) is 18.2 Å². The lowest BCUT2D eigenvalue weighted by Crippen LogP contribution is -2.23. The summed E-state index contributed by atoms with van der Waals surface area (Å²) in [5.41, 5.74) is 0.399. The summed E-state index contributed by atoms with van der Waals surface area (Å²) < 4.78 is 26.7. The third-order valence-corrected chi connectivity index (χ3v) is 4.83. The van der Waals surface area contributed by atoms with Crippen molar-refractivity contribution in [3.8, 4) is 0 Å². The first-order valence-electron chi connectivity index (χ1n) is 5.34. The Morgan fingerprint density at radius 1 is 1.17 bits per heavy atom. The average molecular weight is 283 g/mol. The van der Waals surface area contributed by atoms with Crippen molar-refractivity contribution in [2.75, 3.05) is 0 Å². The van der Waals surface area contributed by atoms with Crippen molar-refractivity contribution in [2.45, 2.75) is 18.0 Å². The van der Waals surface area contributed by atoms with Crippen LogP contribution in [0.1, 0.15) is 10.4 Å². The van der Waals surface area contributed by atoms with Crippen LogP contribution in [0.5, 0.6) is 0 Å². The molecule has 2 aromatic rings. The molecule has 0 aliphatic carbocycles. The van der Waals surface area contributed by atoms with Crippen LogP contribution in [0, 0.1) is 0 Å². The van der Waals surface area contributed by atoms with Crippen molar-refractivity contribution >= 4 is 21.4 Å². The Morgan fingerprint density at radius 2 is 1.94 bits per heavy atom. The molecule has 0 atom stereocenters. The number of rotatable bonds is 5. The summed E-state index contributed by atoms with van der Waals surface area (Å²) >= 11 is 1.49. The minimum absolute atomic E-state index is 0.129. The third kappa shape index (κ3) is 2.97. The summed E-state index contributed by atoms with van der Waals surface area (Å²) in [6.07, 6.45) is 0. The molecule has 0 unspecified atom stereocenters. The number of aliphatic hydroxyl groups is 1. The van der Waals surface area contributed by atoms with E-state index in [4.69, 9.17) is 5.11 Å². The molecule has 0 saturated carbocycles. The molecule has 1 aromatic carbocycles. The molecule has 2 rings (SSSR count). The van der Waals surface area contributed by atoms with E-state index in [0.29, 0.717) is 5.56 Å². The normalized spacial score (nSPS) is 11.6. The van der Waals surface area contributed by atoms with Gasteiger partial charge in [-0.1, -0.05) is 24.3 Å². The number of nitrogens with one attached hydrogen (secondary N) is 1. The van der Waals surface area contributed by atoms with Gasteiger partial charge in [-0.25, -0.2) is 13.1 Å². The van der Waals surface area contributed by atoms with E-state index in [2.05, 4.69) is 4.72 Å². The van der Waals surface area contributed by atoms with Crippen LogP contribution in [-0.4, -0.2) is 13.5 Å². The highest BCUT2D eigenvalue weighted by molar-refractivity contribution is 7.89. The molecule has 18 heavy (non-hydrogen) atoms. The van der Waals surface area contributed by atoms with Gasteiger partial charge in [0.15, 0.2) is 0 Å². The van der Waals surface area contributed by atoms with Gasteiger partial charge in [-0.2, -0.15) is 0 Å². The first-order chi connectivity index (χ1) is 8.63. The van der Waals surface area contributed by atoms with Gasteiger partial charge in [0.25, 0.3) is 0 Å². The lowest BCUT2D eigenvalue weighted by atomic mass is 10.2. The Kier molecular flexibility index (Phi) is 4.13. The SMILES string of the molecule is O=S(=O)(NCc1cccs1)c1ccccc1CO. The van der Waals surface area contributed by atoms with E-state index >= 15 is 0 Å². The van der Waals surface area contributed by atoms with Crippen LogP contribution in [-0.2, 0) is 23.2 Å². The molecule has 0 aliphatic heterocycles. The number of sulfonamides is 1. The van der Waals surface area contributed by atoms with E-state index in [1.165, 1.54) is 17.4 Å². The standard InChI is InChI=1S/C12H13NO3S2/c14-9-10-4-1-2-6-12(10)18(15,16)13-8-11-5-3-7-17-11/h1-7,13-14H,8-9H2. The molecular weight excluding hydrogens is 270 g/mol. The topological polar surface area (TPSA) is 66.4 Å². The van der Waals surface area contributed by atoms with E-state index in [1.807, 2.05) is 17.5 Å². The predicted molar refractivity (Wildman–Crippen MR) is 70.7 cm³/mol. The van der Waals surface area contributed by atoms with Crippen molar-refractivity contribution in [3.63, 3.8) is 0 Å². The fourth-order valence-electron chi connectivity index (χ4n) is 1.55. The molecule has 0 amide bonds. The lowest BCUT2D eigenvalue weighted by molar-refractivity contribution is 0.278. The Hall–Kier alpha value is -1.21. The summed E-state index contributed by atoms with van der Waals surface area (Å²) in [5, 5.41) is 11.0. The molecule has 96 valence electrons. The van der Waals surface area contributed by atoms with Gasteiger partial charge in [0.05, 0.1) is 11.5 Å². The summed E-state index contributed by atoms with van der Waals surface area (Å²) in [4.78, 5) is 1.07. The highest BCUT2D eigenvalue weighted by Crippen LogP contribution is 2.16. The minimum atomic E-state index is -3.58. The highest BCUT2D eigenvalue weighted by atomic mass is 32.2. The maximum Gasteiger partial charge on any atom is 0.241 e. The predicted octanol–water partition coefficient (Wildman–Crippen LogP) is 1.72. The van der Waals surface area contributed by atoms with Gasteiger partial charge < -0.3 is 5.11 Å². The second kappa shape index (κ2) is 5.62. The summed E-state index contributed by atoms with van der Waals surface area (Å²) in [6, 6.07) is 10.2. The van der Waals surface area contributed by atoms with E-state index in [9.17, 15) is 8.42 Å². The van der Waals surface area contributed by atoms with E-state index < -0.39 is 10.0 Å². The molecule has 2 N–H and O–H groups in total. The van der Waals surface area contributed by atoms with Gasteiger partial charge in [-0.3, -0.25) is 0 Å². The van der Waals surface area contributed by atoms with Crippen molar-refractivity contribution < 1.29 is 13.5 Å². The Morgan fingerprint density at radius 3 is 2.61 bits per heavy atom. The second-order valence-corrected chi connectivity index (χ2v) is 6.44. The van der Waals surface area contributed by atoms with Gasteiger partial charge in [0.2, 0.25) is 10.0 Å². The zero-order valence-corrected chi connectivity index (χ0v) is 11.2. The molecule has 0 bridgehead atoms. The van der Waals surface area contributed by atoms with Gasteiger partial charge >= 0.3 is 0 Å². The van der Waals surface area contributed by atoms with Gasteiger partial charge in [0.1, 0.15) is 0 Å². The minimum Gasteiger partial charge on any atom is -0.392 e. The van der Waals surface area contributed by atoms with Crippen LogP contribution in [0.3, 0.4) is 0 Å². The molecule has 6 heteroatoms. The molecule has 0 fully saturated rings. The summed E-state index contributed by atoms with van der Waals surface area (Å²) in [6.45, 7) is -0.0319. The molecule has 0 spiro atoms. The maximum absolute atomic E-state index is 12.1. The van der Waals surface area contributed by atoms with Crippen LogP contribution in [0.4, 0.5) is 0 Å². The van der Waals surface area contributed by atoms with E-state index in [-0.39, 0.29) is 18.0 Å². The quantitative estimate of drug-likeness (QED) is 0.878. The number of benzene rings is 1. The van der Waals surface area contributed by atoms with Crippen molar-refractivity contribution in [1.82, 2.24) is 4.72 Å². The number of hydrogen-bond acceptors (Lipinski definition) is 4. The first-order valence-corrected chi connectivity index (χ1v) is 7.70. The molecule has 1 aromatic heterocycles. The largest absolute Gasteiger partial charge is 0.392 e. The highest BCUT2D eigenvalue weighted by Gasteiger charge is 2.17. The fourth-order valence-corrected chi connectivity index (χ4v) is 3.53. The first kappa shape index (κ1) is 13.2. The zero-order chi connectivity index (χ0) is 13.0. The number of hydrogen-bond donors (Lipinski definition) is 2. The van der Waals surface area contributed by atoms with Crippen LogP contribution in [0.15, 0.2) is 46.7 Å². The van der Waals surface area contributed by atoms with Gasteiger partial charge in [0, 0.05) is 11.4 Å². The van der Waals surface area contributed by atoms with Crippen LogP contribution in [0.25, 0.3) is 0 Å². The van der Waals surface area contributed by atoms with Crippen LogP contribution in [0.2, 0.25) is 0 Å². The van der Waals surface area contributed by atoms with Crippen molar-refractivity contribution in [2.24, 2.45) is 0 Å². The smallest absolute Gasteiger partial charge is 0.241 e. The Labute approximate surface area is 110 Å². The van der Waals surface area contributed by atoms with Crippen LogP contribution >= 0.6 is 11.3 Å². The maximum atomic E-state index is 12.1. The monoisotopic (exact) mass is 283 g/mol. The summed E-state index contributed by atoms with van der Waals surface area (Å²) in [7, 11) is -3.58. The fraction of sp³-hybridized carbons (Fsp3) is 0.167. The van der Waals surface area contributed by atoms with E-state index in [0.717, 1.165) is 4.88 Å². The van der Waals surface area contributed by atoms with Crippen molar-refractivity contribution in [3.05, 3.63) is 52.2 Å². The molecule has 0 radical (unpaired) electrons. The molecule has 0 aliphatic rings. The number of thiophene rings is 1. The number of aliphatic hydroxyl groups excluding tert-OH is 1. The average Bonchev–Trinajstić information content (AvgIpc) is 2.89. The third-order valence-electron chi connectivity index (χ3n) is 2.45. The zero-order valence-electron chi connectivity index (χ0n) is 9.54. The second-order valence-electron chi connectivity index (χ2n) is 3.67. The summed E-state index contributed by atoms with van der Waals surface area (Å²) in [5.74, 6) is 0. The Bertz CT molecular complexity index is 606. The molecule has 0 saturated heterocycles. The van der Waals surface area contributed by atoms with Crippen LogP contribution < -0.4 is 4.72 Å². The molecule has 4 nitrogen and oxygen atoms in total.